The molecule has 0 fully saturated rings. The SMILES string of the molecule is CCCn1ccnc1CNc1ccc(CCO)cc1. The van der Waals surface area contributed by atoms with Gasteiger partial charge in [0.2, 0.25) is 0 Å². The number of imidazole rings is 1. The Labute approximate surface area is 114 Å². The second kappa shape index (κ2) is 6.95. The van der Waals surface area contributed by atoms with Gasteiger partial charge in [0.15, 0.2) is 0 Å². The van der Waals surface area contributed by atoms with E-state index in [1.54, 1.807) is 0 Å². The summed E-state index contributed by atoms with van der Waals surface area (Å²) in [7, 11) is 0. The van der Waals surface area contributed by atoms with Crippen molar-refractivity contribution in [3.63, 3.8) is 0 Å². The first-order valence-electron chi connectivity index (χ1n) is 6.77. The average molecular weight is 259 g/mol. The van der Waals surface area contributed by atoms with Gasteiger partial charge in [0.25, 0.3) is 0 Å². The predicted molar refractivity (Wildman–Crippen MR) is 77.1 cm³/mol. The number of aliphatic hydroxyl groups excluding tert-OH is 1. The maximum Gasteiger partial charge on any atom is 0.128 e. The highest BCUT2D eigenvalue weighted by atomic mass is 16.2. The van der Waals surface area contributed by atoms with E-state index < -0.39 is 0 Å². The maximum atomic E-state index is 8.87. The second-order valence-electron chi connectivity index (χ2n) is 4.56. The third-order valence-electron chi connectivity index (χ3n) is 3.07. The number of hydrogen-bond donors (Lipinski definition) is 2. The van der Waals surface area contributed by atoms with Crippen molar-refractivity contribution in [2.45, 2.75) is 32.9 Å². The monoisotopic (exact) mass is 259 g/mol. The third-order valence-corrected chi connectivity index (χ3v) is 3.07. The summed E-state index contributed by atoms with van der Waals surface area (Å²) in [5.41, 5.74) is 2.23. The molecule has 0 amide bonds. The summed E-state index contributed by atoms with van der Waals surface area (Å²) in [6, 6.07) is 8.16. The molecule has 1 aromatic carbocycles. The van der Waals surface area contributed by atoms with Crippen LogP contribution in [0.3, 0.4) is 0 Å². The molecule has 2 aromatic rings. The summed E-state index contributed by atoms with van der Waals surface area (Å²) >= 11 is 0. The van der Waals surface area contributed by atoms with Gasteiger partial charge < -0.3 is 15.0 Å². The number of aryl methyl sites for hydroxylation is 1. The van der Waals surface area contributed by atoms with Crippen molar-refractivity contribution in [3.05, 3.63) is 48.0 Å². The van der Waals surface area contributed by atoms with E-state index in [-0.39, 0.29) is 6.61 Å². The molecule has 0 unspecified atom stereocenters. The number of nitrogens with one attached hydrogen (secondary N) is 1. The molecular weight excluding hydrogens is 238 g/mol. The van der Waals surface area contributed by atoms with Gasteiger partial charge in [-0.25, -0.2) is 4.98 Å². The van der Waals surface area contributed by atoms with Crippen molar-refractivity contribution in [2.24, 2.45) is 0 Å². The minimum Gasteiger partial charge on any atom is -0.396 e. The Hall–Kier alpha value is -1.81. The van der Waals surface area contributed by atoms with Gasteiger partial charge in [0.1, 0.15) is 5.82 Å². The Morgan fingerprint density at radius 2 is 2.05 bits per heavy atom. The van der Waals surface area contributed by atoms with Crippen molar-refractivity contribution >= 4 is 5.69 Å². The van der Waals surface area contributed by atoms with E-state index in [2.05, 4.69) is 21.8 Å². The molecule has 0 spiro atoms. The number of hydrogen-bond acceptors (Lipinski definition) is 3. The molecule has 1 aromatic heterocycles. The highest BCUT2D eigenvalue weighted by Gasteiger charge is 2.01. The molecule has 0 radical (unpaired) electrons. The fourth-order valence-corrected chi connectivity index (χ4v) is 2.05. The number of anilines is 1. The van der Waals surface area contributed by atoms with E-state index >= 15 is 0 Å². The van der Waals surface area contributed by atoms with E-state index in [1.165, 1.54) is 0 Å². The number of aliphatic hydroxyl groups is 1. The lowest BCUT2D eigenvalue weighted by Gasteiger charge is -2.09. The van der Waals surface area contributed by atoms with Crippen LogP contribution < -0.4 is 5.32 Å². The van der Waals surface area contributed by atoms with Gasteiger partial charge in [-0.2, -0.15) is 0 Å². The van der Waals surface area contributed by atoms with Gasteiger partial charge in [0.05, 0.1) is 6.54 Å². The van der Waals surface area contributed by atoms with E-state index in [0.29, 0.717) is 6.42 Å². The Morgan fingerprint density at radius 1 is 1.26 bits per heavy atom. The van der Waals surface area contributed by atoms with Crippen LogP contribution >= 0.6 is 0 Å². The quantitative estimate of drug-likeness (QED) is 0.803. The van der Waals surface area contributed by atoms with Crippen molar-refractivity contribution in [1.29, 1.82) is 0 Å². The normalized spacial score (nSPS) is 10.6. The molecule has 0 aliphatic rings. The minimum absolute atomic E-state index is 0.196. The van der Waals surface area contributed by atoms with Crippen LogP contribution in [0.1, 0.15) is 24.7 Å². The van der Waals surface area contributed by atoms with E-state index in [1.807, 2.05) is 36.7 Å². The minimum atomic E-state index is 0.196. The molecule has 0 aliphatic heterocycles. The maximum absolute atomic E-state index is 8.87. The first-order valence-corrected chi connectivity index (χ1v) is 6.77. The van der Waals surface area contributed by atoms with E-state index in [0.717, 1.165) is 36.6 Å². The number of nitrogens with zero attached hydrogens (tertiary/aromatic N) is 2. The van der Waals surface area contributed by atoms with Gasteiger partial charge in [-0.15, -0.1) is 0 Å². The van der Waals surface area contributed by atoms with Gasteiger partial charge in [0, 0.05) is 31.2 Å². The Balaban J connectivity index is 1.92. The molecule has 102 valence electrons. The zero-order valence-electron chi connectivity index (χ0n) is 11.3. The zero-order chi connectivity index (χ0) is 13.5. The first kappa shape index (κ1) is 13.6. The summed E-state index contributed by atoms with van der Waals surface area (Å²) in [5, 5.41) is 12.2. The molecule has 0 saturated carbocycles. The Morgan fingerprint density at radius 3 is 2.74 bits per heavy atom. The lowest BCUT2D eigenvalue weighted by atomic mass is 10.1. The van der Waals surface area contributed by atoms with Gasteiger partial charge in [-0.1, -0.05) is 19.1 Å². The van der Waals surface area contributed by atoms with Gasteiger partial charge in [-0.05, 0) is 30.5 Å². The zero-order valence-corrected chi connectivity index (χ0v) is 11.3. The molecule has 4 nitrogen and oxygen atoms in total. The molecule has 0 aliphatic carbocycles. The van der Waals surface area contributed by atoms with Crippen molar-refractivity contribution in [1.82, 2.24) is 9.55 Å². The summed E-state index contributed by atoms with van der Waals surface area (Å²) in [6.07, 6.45) is 5.68. The second-order valence-corrected chi connectivity index (χ2v) is 4.56. The third kappa shape index (κ3) is 3.83. The lowest BCUT2D eigenvalue weighted by Crippen LogP contribution is -2.08. The fourth-order valence-electron chi connectivity index (χ4n) is 2.05. The van der Waals surface area contributed by atoms with Crippen LogP contribution in [0.15, 0.2) is 36.7 Å². The Kier molecular flexibility index (Phi) is 4.98. The van der Waals surface area contributed by atoms with Gasteiger partial charge >= 0.3 is 0 Å². The van der Waals surface area contributed by atoms with Crippen molar-refractivity contribution in [3.8, 4) is 0 Å². The molecule has 2 rings (SSSR count). The highest BCUT2D eigenvalue weighted by Crippen LogP contribution is 2.11. The van der Waals surface area contributed by atoms with Crippen LogP contribution in [0.5, 0.6) is 0 Å². The van der Waals surface area contributed by atoms with E-state index in [9.17, 15) is 0 Å². The molecule has 0 atom stereocenters. The number of aromatic nitrogens is 2. The summed E-state index contributed by atoms with van der Waals surface area (Å²) in [4.78, 5) is 4.36. The smallest absolute Gasteiger partial charge is 0.128 e. The predicted octanol–water partition coefficient (Wildman–Crippen LogP) is 2.44. The van der Waals surface area contributed by atoms with Crippen LogP contribution in [0.4, 0.5) is 5.69 Å². The number of rotatable bonds is 7. The van der Waals surface area contributed by atoms with Crippen LogP contribution in [0.2, 0.25) is 0 Å². The number of benzene rings is 1. The van der Waals surface area contributed by atoms with Crippen LogP contribution in [-0.2, 0) is 19.5 Å². The standard InChI is InChI=1S/C15H21N3O/c1-2-9-18-10-8-16-15(18)12-17-14-5-3-13(4-6-14)7-11-19/h3-6,8,10,17,19H,2,7,9,11-12H2,1H3. The molecule has 2 N–H and O–H groups in total. The van der Waals surface area contributed by atoms with Crippen molar-refractivity contribution < 1.29 is 5.11 Å². The fraction of sp³-hybridized carbons (Fsp3) is 0.400. The molecular formula is C15H21N3O. The molecule has 0 saturated heterocycles. The van der Waals surface area contributed by atoms with Crippen molar-refractivity contribution in [2.75, 3.05) is 11.9 Å². The average Bonchev–Trinajstić information content (AvgIpc) is 2.86. The van der Waals surface area contributed by atoms with Gasteiger partial charge in [-0.3, -0.25) is 0 Å². The van der Waals surface area contributed by atoms with Crippen LogP contribution in [0.25, 0.3) is 0 Å². The Bertz CT molecular complexity index is 490. The van der Waals surface area contributed by atoms with E-state index in [4.69, 9.17) is 5.11 Å². The lowest BCUT2D eigenvalue weighted by molar-refractivity contribution is 0.299. The largest absolute Gasteiger partial charge is 0.396 e. The highest BCUT2D eigenvalue weighted by molar-refractivity contribution is 5.44. The van der Waals surface area contributed by atoms with Crippen LogP contribution in [-0.4, -0.2) is 21.3 Å². The topological polar surface area (TPSA) is 50.1 Å². The molecule has 0 bridgehead atoms. The molecule has 1 heterocycles. The molecule has 4 heteroatoms. The summed E-state index contributed by atoms with van der Waals surface area (Å²) in [5.74, 6) is 1.06. The first-order chi connectivity index (χ1) is 9.33. The summed E-state index contributed by atoms with van der Waals surface area (Å²) < 4.78 is 2.17. The molecule has 19 heavy (non-hydrogen) atoms. The summed E-state index contributed by atoms with van der Waals surface area (Å²) in [6.45, 7) is 4.09. The van der Waals surface area contributed by atoms with Crippen LogP contribution in [0, 0.1) is 0 Å².